The molecule has 1 aromatic carbocycles. The van der Waals surface area contributed by atoms with Gasteiger partial charge in [0.2, 0.25) is 0 Å². The summed E-state index contributed by atoms with van der Waals surface area (Å²) in [5.41, 5.74) is 11.1. The SMILES string of the molecule is Cc1cc(-c2nc(N)c3c(n2)CSC3)nc2ccccc12. The van der Waals surface area contributed by atoms with Gasteiger partial charge < -0.3 is 5.73 Å². The molecule has 0 fully saturated rings. The van der Waals surface area contributed by atoms with E-state index in [9.17, 15) is 0 Å². The van der Waals surface area contributed by atoms with Crippen molar-refractivity contribution in [3.8, 4) is 11.5 Å². The Morgan fingerprint density at radius 2 is 1.95 bits per heavy atom. The number of pyridine rings is 1. The van der Waals surface area contributed by atoms with Crippen LogP contribution in [0.1, 0.15) is 16.8 Å². The molecule has 1 aliphatic rings. The lowest BCUT2D eigenvalue weighted by Gasteiger charge is -2.08. The van der Waals surface area contributed by atoms with E-state index in [4.69, 9.17) is 5.73 Å². The molecule has 0 aliphatic carbocycles. The van der Waals surface area contributed by atoms with E-state index in [0.717, 1.165) is 39.4 Å². The first-order valence-electron chi connectivity index (χ1n) is 6.82. The molecule has 0 saturated heterocycles. The number of nitrogens with zero attached hydrogens (tertiary/aromatic N) is 3. The summed E-state index contributed by atoms with van der Waals surface area (Å²) in [5.74, 6) is 3.03. The van der Waals surface area contributed by atoms with Crippen LogP contribution in [0.25, 0.3) is 22.4 Å². The highest BCUT2D eigenvalue weighted by atomic mass is 32.2. The van der Waals surface area contributed by atoms with Crippen molar-refractivity contribution in [2.45, 2.75) is 18.4 Å². The standard InChI is InChI=1S/C16H14N4S/c1-9-6-13(18-12-5-3-2-4-10(9)12)16-19-14-8-21-7-11(14)15(17)20-16/h2-6H,7-8H2,1H3,(H2,17,19,20). The van der Waals surface area contributed by atoms with Gasteiger partial charge >= 0.3 is 0 Å². The molecule has 3 aromatic rings. The van der Waals surface area contributed by atoms with Crippen molar-refractivity contribution in [1.29, 1.82) is 0 Å². The van der Waals surface area contributed by atoms with Crippen LogP contribution in [-0.4, -0.2) is 15.0 Å². The fourth-order valence-electron chi connectivity index (χ4n) is 2.65. The summed E-state index contributed by atoms with van der Waals surface area (Å²) in [7, 11) is 0. The molecule has 3 heterocycles. The molecular weight excluding hydrogens is 280 g/mol. The summed E-state index contributed by atoms with van der Waals surface area (Å²) in [6, 6.07) is 10.1. The first-order chi connectivity index (χ1) is 10.2. The molecule has 21 heavy (non-hydrogen) atoms. The largest absolute Gasteiger partial charge is 0.383 e. The number of fused-ring (bicyclic) bond motifs is 2. The number of benzene rings is 1. The van der Waals surface area contributed by atoms with Crippen LogP contribution in [0.2, 0.25) is 0 Å². The minimum absolute atomic E-state index is 0.590. The van der Waals surface area contributed by atoms with Crippen LogP contribution < -0.4 is 5.73 Å². The van der Waals surface area contributed by atoms with Gasteiger partial charge in [-0.05, 0) is 24.6 Å². The van der Waals surface area contributed by atoms with Crippen molar-refractivity contribution in [3.05, 3.63) is 47.2 Å². The van der Waals surface area contributed by atoms with Crippen LogP contribution in [0.5, 0.6) is 0 Å². The summed E-state index contributed by atoms with van der Waals surface area (Å²) < 4.78 is 0. The second kappa shape index (κ2) is 4.70. The zero-order chi connectivity index (χ0) is 14.4. The molecule has 0 bridgehead atoms. The second-order valence-corrected chi connectivity index (χ2v) is 6.18. The highest BCUT2D eigenvalue weighted by molar-refractivity contribution is 7.98. The fraction of sp³-hybridized carbons (Fsp3) is 0.188. The zero-order valence-electron chi connectivity index (χ0n) is 11.6. The van der Waals surface area contributed by atoms with Crippen LogP contribution in [0, 0.1) is 6.92 Å². The molecule has 5 heteroatoms. The highest BCUT2D eigenvalue weighted by Gasteiger charge is 2.19. The van der Waals surface area contributed by atoms with Gasteiger partial charge in [0, 0.05) is 22.5 Å². The Morgan fingerprint density at radius 1 is 1.10 bits per heavy atom. The summed E-state index contributed by atoms with van der Waals surface area (Å²) in [6.07, 6.45) is 0. The normalized spacial score (nSPS) is 13.6. The number of nitrogens with two attached hydrogens (primary N) is 1. The number of thioether (sulfide) groups is 1. The number of aromatic nitrogens is 3. The minimum atomic E-state index is 0.590. The van der Waals surface area contributed by atoms with E-state index in [-0.39, 0.29) is 0 Å². The van der Waals surface area contributed by atoms with Crippen molar-refractivity contribution in [2.75, 3.05) is 5.73 Å². The van der Waals surface area contributed by atoms with Crippen molar-refractivity contribution in [2.24, 2.45) is 0 Å². The Morgan fingerprint density at radius 3 is 2.86 bits per heavy atom. The van der Waals surface area contributed by atoms with E-state index in [1.807, 2.05) is 36.0 Å². The van der Waals surface area contributed by atoms with E-state index < -0.39 is 0 Å². The van der Waals surface area contributed by atoms with Gasteiger partial charge in [-0.1, -0.05) is 18.2 Å². The summed E-state index contributed by atoms with van der Waals surface area (Å²) in [6.45, 7) is 2.08. The van der Waals surface area contributed by atoms with Crippen LogP contribution in [0.4, 0.5) is 5.82 Å². The second-order valence-electron chi connectivity index (χ2n) is 5.19. The van der Waals surface area contributed by atoms with Gasteiger partial charge in [0.15, 0.2) is 5.82 Å². The molecule has 2 N–H and O–H groups in total. The summed E-state index contributed by atoms with van der Waals surface area (Å²) >= 11 is 1.82. The van der Waals surface area contributed by atoms with E-state index in [0.29, 0.717) is 11.6 Å². The molecule has 0 spiro atoms. The van der Waals surface area contributed by atoms with Crippen molar-refractivity contribution >= 4 is 28.5 Å². The minimum Gasteiger partial charge on any atom is -0.383 e. The third-order valence-corrected chi connectivity index (χ3v) is 4.73. The van der Waals surface area contributed by atoms with Crippen LogP contribution in [0.15, 0.2) is 30.3 Å². The van der Waals surface area contributed by atoms with Crippen molar-refractivity contribution in [1.82, 2.24) is 15.0 Å². The monoisotopic (exact) mass is 294 g/mol. The molecule has 0 atom stereocenters. The van der Waals surface area contributed by atoms with E-state index in [1.165, 1.54) is 5.56 Å². The number of aryl methyl sites for hydroxylation is 1. The van der Waals surface area contributed by atoms with Crippen molar-refractivity contribution < 1.29 is 0 Å². The van der Waals surface area contributed by atoms with Crippen LogP contribution in [-0.2, 0) is 11.5 Å². The number of nitrogen functional groups attached to an aromatic ring is 1. The van der Waals surface area contributed by atoms with E-state index in [1.54, 1.807) is 0 Å². The van der Waals surface area contributed by atoms with Gasteiger partial charge in [0.25, 0.3) is 0 Å². The molecule has 0 unspecified atom stereocenters. The molecular formula is C16H14N4S. The van der Waals surface area contributed by atoms with Gasteiger partial charge in [0.05, 0.1) is 11.2 Å². The Kier molecular flexibility index (Phi) is 2.82. The Hall–Kier alpha value is -2.14. The van der Waals surface area contributed by atoms with Gasteiger partial charge in [-0.3, -0.25) is 0 Å². The first-order valence-corrected chi connectivity index (χ1v) is 7.97. The quantitative estimate of drug-likeness (QED) is 0.745. The number of anilines is 1. The van der Waals surface area contributed by atoms with Crippen LogP contribution >= 0.6 is 11.8 Å². The van der Waals surface area contributed by atoms with Gasteiger partial charge in [-0.25, -0.2) is 15.0 Å². The van der Waals surface area contributed by atoms with E-state index in [2.05, 4.69) is 27.9 Å². The average Bonchev–Trinajstić information content (AvgIpc) is 2.96. The summed E-state index contributed by atoms with van der Waals surface area (Å²) in [5, 5.41) is 1.16. The first kappa shape index (κ1) is 12.6. The number of para-hydroxylation sites is 1. The summed E-state index contributed by atoms with van der Waals surface area (Å²) in [4.78, 5) is 13.8. The average molecular weight is 294 g/mol. The molecule has 104 valence electrons. The maximum atomic E-state index is 6.07. The Balaban J connectivity index is 1.93. The van der Waals surface area contributed by atoms with Gasteiger partial charge in [0.1, 0.15) is 11.5 Å². The molecule has 0 amide bonds. The highest BCUT2D eigenvalue weighted by Crippen LogP contribution is 2.33. The number of rotatable bonds is 1. The fourth-order valence-corrected chi connectivity index (χ4v) is 3.71. The maximum absolute atomic E-state index is 6.07. The smallest absolute Gasteiger partial charge is 0.180 e. The topological polar surface area (TPSA) is 64.7 Å². The number of hydrogen-bond acceptors (Lipinski definition) is 5. The lowest BCUT2D eigenvalue weighted by Crippen LogP contribution is -2.04. The third kappa shape index (κ3) is 2.05. The predicted molar refractivity (Wildman–Crippen MR) is 86.9 cm³/mol. The Labute approximate surface area is 126 Å². The lowest BCUT2D eigenvalue weighted by molar-refractivity contribution is 1.07. The van der Waals surface area contributed by atoms with Crippen LogP contribution in [0.3, 0.4) is 0 Å². The molecule has 0 radical (unpaired) electrons. The van der Waals surface area contributed by atoms with Gasteiger partial charge in [-0.15, -0.1) is 0 Å². The molecule has 4 nitrogen and oxygen atoms in total. The predicted octanol–water partition coefficient (Wildman–Crippen LogP) is 3.33. The molecule has 2 aromatic heterocycles. The number of hydrogen-bond donors (Lipinski definition) is 1. The van der Waals surface area contributed by atoms with Crippen molar-refractivity contribution in [3.63, 3.8) is 0 Å². The maximum Gasteiger partial charge on any atom is 0.180 e. The lowest BCUT2D eigenvalue weighted by atomic mass is 10.1. The third-order valence-electron chi connectivity index (χ3n) is 3.76. The molecule has 4 rings (SSSR count). The molecule has 1 aliphatic heterocycles. The zero-order valence-corrected chi connectivity index (χ0v) is 12.4. The molecule has 0 saturated carbocycles. The van der Waals surface area contributed by atoms with Gasteiger partial charge in [-0.2, -0.15) is 11.8 Å². The van der Waals surface area contributed by atoms with E-state index >= 15 is 0 Å². The Bertz CT molecular complexity index is 860.